The molecule has 0 aliphatic carbocycles. The van der Waals surface area contributed by atoms with Gasteiger partial charge in [-0.25, -0.2) is 0 Å². The molecular weight excluding hydrogens is 240 g/mol. The minimum Gasteiger partial charge on any atom is -0.489 e. The van der Waals surface area contributed by atoms with Crippen molar-refractivity contribution in [3.63, 3.8) is 0 Å². The number of nitrogens with two attached hydrogens (primary N) is 1. The minimum atomic E-state index is -0.0457. The highest BCUT2D eigenvalue weighted by molar-refractivity contribution is 5.93. The van der Waals surface area contributed by atoms with E-state index in [1.165, 1.54) is 0 Å². The molecule has 1 amide bonds. The van der Waals surface area contributed by atoms with Crippen molar-refractivity contribution in [3.05, 3.63) is 24.3 Å². The van der Waals surface area contributed by atoms with Crippen molar-refractivity contribution in [1.29, 1.82) is 0 Å². The number of para-hydroxylation sites is 2. The fourth-order valence-corrected chi connectivity index (χ4v) is 1.74. The lowest BCUT2D eigenvalue weighted by Gasteiger charge is -2.16. The van der Waals surface area contributed by atoms with Crippen LogP contribution in [0.4, 0.5) is 5.69 Å². The fourth-order valence-electron chi connectivity index (χ4n) is 1.74. The molecule has 4 nitrogen and oxygen atoms in total. The van der Waals surface area contributed by atoms with Gasteiger partial charge in [0.15, 0.2) is 0 Å². The zero-order valence-corrected chi connectivity index (χ0v) is 12.0. The summed E-state index contributed by atoms with van der Waals surface area (Å²) in [4.78, 5) is 12.0. The lowest BCUT2D eigenvalue weighted by atomic mass is 10.0. The Morgan fingerprint density at radius 1 is 1.32 bits per heavy atom. The molecule has 0 heterocycles. The molecule has 106 valence electrons. The Kier molecular flexibility index (Phi) is 6.36. The topological polar surface area (TPSA) is 64.3 Å². The Labute approximate surface area is 115 Å². The smallest absolute Gasteiger partial charge is 0.227 e. The zero-order chi connectivity index (χ0) is 14.3. The van der Waals surface area contributed by atoms with E-state index in [0.717, 1.165) is 18.5 Å². The predicted octanol–water partition coefficient (Wildman–Crippen LogP) is 2.79. The van der Waals surface area contributed by atoms with Crippen LogP contribution in [0.2, 0.25) is 0 Å². The van der Waals surface area contributed by atoms with E-state index < -0.39 is 0 Å². The molecule has 0 aliphatic heterocycles. The second-order valence-electron chi connectivity index (χ2n) is 4.98. The second-order valence-corrected chi connectivity index (χ2v) is 4.98. The lowest BCUT2D eigenvalue weighted by molar-refractivity contribution is -0.119. The van der Waals surface area contributed by atoms with Crippen molar-refractivity contribution < 1.29 is 9.53 Å². The van der Waals surface area contributed by atoms with E-state index in [2.05, 4.69) is 5.32 Å². The van der Waals surface area contributed by atoms with Crippen LogP contribution in [0.3, 0.4) is 0 Å². The van der Waals surface area contributed by atoms with E-state index >= 15 is 0 Å². The van der Waals surface area contributed by atoms with Gasteiger partial charge in [0.2, 0.25) is 5.91 Å². The van der Waals surface area contributed by atoms with Crippen LogP contribution in [-0.4, -0.2) is 18.6 Å². The van der Waals surface area contributed by atoms with Gasteiger partial charge in [0.05, 0.1) is 11.8 Å². The van der Waals surface area contributed by atoms with Gasteiger partial charge in [-0.05, 0) is 45.4 Å². The van der Waals surface area contributed by atoms with Crippen LogP contribution in [0.5, 0.6) is 5.75 Å². The van der Waals surface area contributed by atoms with E-state index in [9.17, 15) is 4.79 Å². The first-order valence-corrected chi connectivity index (χ1v) is 6.81. The number of hydrogen-bond donors (Lipinski definition) is 2. The first-order valence-electron chi connectivity index (χ1n) is 6.81. The number of nitrogens with one attached hydrogen (secondary N) is 1. The summed E-state index contributed by atoms with van der Waals surface area (Å²) in [6.07, 6.45) is 1.74. The normalized spacial score (nSPS) is 12.3. The molecule has 1 atom stereocenters. The maximum absolute atomic E-state index is 12.0. The number of ether oxygens (including phenoxy) is 1. The highest BCUT2D eigenvalue weighted by Crippen LogP contribution is 2.25. The molecule has 1 aromatic rings. The second kappa shape index (κ2) is 7.79. The number of carbonyl (C=O) groups is 1. The third kappa shape index (κ3) is 5.30. The van der Waals surface area contributed by atoms with Gasteiger partial charge < -0.3 is 15.8 Å². The summed E-state index contributed by atoms with van der Waals surface area (Å²) < 4.78 is 5.67. The van der Waals surface area contributed by atoms with Gasteiger partial charge in [-0.1, -0.05) is 19.1 Å². The summed E-state index contributed by atoms with van der Waals surface area (Å²) in [7, 11) is 0. The van der Waals surface area contributed by atoms with Crippen LogP contribution >= 0.6 is 0 Å². The summed E-state index contributed by atoms with van der Waals surface area (Å²) in [5.41, 5.74) is 6.18. The van der Waals surface area contributed by atoms with Gasteiger partial charge in [-0.15, -0.1) is 0 Å². The third-order valence-corrected chi connectivity index (χ3v) is 2.80. The lowest BCUT2D eigenvalue weighted by Crippen LogP contribution is -2.22. The molecule has 3 N–H and O–H groups in total. The molecule has 1 unspecified atom stereocenters. The molecular formula is C15H24N2O2. The Bertz CT molecular complexity index is 405. The van der Waals surface area contributed by atoms with Crippen LogP contribution in [0.15, 0.2) is 24.3 Å². The molecule has 0 spiro atoms. The Morgan fingerprint density at radius 3 is 2.63 bits per heavy atom. The third-order valence-electron chi connectivity index (χ3n) is 2.80. The maximum atomic E-state index is 12.0. The van der Waals surface area contributed by atoms with Crippen molar-refractivity contribution in [2.45, 2.75) is 39.7 Å². The molecule has 0 saturated carbocycles. The molecule has 0 fully saturated rings. The number of benzene rings is 1. The fraction of sp³-hybridized carbons (Fsp3) is 0.533. The Morgan fingerprint density at radius 2 is 2.00 bits per heavy atom. The van der Waals surface area contributed by atoms with Crippen molar-refractivity contribution >= 4 is 11.6 Å². The molecule has 0 bridgehead atoms. The van der Waals surface area contributed by atoms with E-state index in [4.69, 9.17) is 10.5 Å². The number of amides is 1. The van der Waals surface area contributed by atoms with Gasteiger partial charge in [0.1, 0.15) is 5.75 Å². The van der Waals surface area contributed by atoms with Crippen molar-refractivity contribution in [1.82, 2.24) is 0 Å². The van der Waals surface area contributed by atoms with Crippen LogP contribution < -0.4 is 15.8 Å². The molecule has 0 saturated heterocycles. The first kappa shape index (κ1) is 15.5. The standard InChI is InChI=1S/C15H24N2O2/c1-11(2)19-14-9-5-4-8-13(14)17-15(18)12(3)7-6-10-16/h4-5,8-9,11-12H,6-7,10,16H2,1-3H3,(H,17,18). The van der Waals surface area contributed by atoms with E-state index in [0.29, 0.717) is 12.3 Å². The molecule has 0 radical (unpaired) electrons. The van der Waals surface area contributed by atoms with E-state index in [1.807, 2.05) is 45.0 Å². The minimum absolute atomic E-state index is 0.00764. The van der Waals surface area contributed by atoms with E-state index in [-0.39, 0.29) is 17.9 Å². The SMILES string of the molecule is CC(C)Oc1ccccc1NC(=O)C(C)CCCN. The summed E-state index contributed by atoms with van der Waals surface area (Å²) >= 11 is 0. The monoisotopic (exact) mass is 264 g/mol. The average Bonchev–Trinajstić information content (AvgIpc) is 2.37. The molecule has 0 aliphatic rings. The summed E-state index contributed by atoms with van der Waals surface area (Å²) in [6, 6.07) is 7.49. The van der Waals surface area contributed by atoms with Crippen LogP contribution in [0, 0.1) is 5.92 Å². The van der Waals surface area contributed by atoms with Crippen molar-refractivity contribution in [2.24, 2.45) is 11.7 Å². The van der Waals surface area contributed by atoms with Gasteiger partial charge >= 0.3 is 0 Å². The van der Waals surface area contributed by atoms with Gasteiger partial charge in [0.25, 0.3) is 0 Å². The number of anilines is 1. The quantitative estimate of drug-likeness (QED) is 0.796. The predicted molar refractivity (Wildman–Crippen MR) is 78.3 cm³/mol. The highest BCUT2D eigenvalue weighted by atomic mass is 16.5. The number of hydrogen-bond acceptors (Lipinski definition) is 3. The molecule has 19 heavy (non-hydrogen) atoms. The Balaban J connectivity index is 2.68. The van der Waals surface area contributed by atoms with Crippen LogP contribution in [0.25, 0.3) is 0 Å². The first-order chi connectivity index (χ1) is 9.04. The molecule has 0 aromatic heterocycles. The zero-order valence-electron chi connectivity index (χ0n) is 12.0. The van der Waals surface area contributed by atoms with Crippen LogP contribution in [-0.2, 0) is 4.79 Å². The average molecular weight is 264 g/mol. The van der Waals surface area contributed by atoms with Crippen molar-refractivity contribution in [3.8, 4) is 5.75 Å². The van der Waals surface area contributed by atoms with Crippen LogP contribution in [0.1, 0.15) is 33.6 Å². The summed E-state index contributed by atoms with van der Waals surface area (Å²) in [5, 5.41) is 2.92. The van der Waals surface area contributed by atoms with Gasteiger partial charge in [-0.3, -0.25) is 4.79 Å². The highest BCUT2D eigenvalue weighted by Gasteiger charge is 2.14. The Hall–Kier alpha value is -1.55. The van der Waals surface area contributed by atoms with Crippen molar-refractivity contribution in [2.75, 3.05) is 11.9 Å². The molecule has 1 aromatic carbocycles. The summed E-state index contributed by atoms with van der Waals surface area (Å²) in [5.74, 6) is 0.667. The molecule has 1 rings (SSSR count). The van der Waals surface area contributed by atoms with E-state index in [1.54, 1.807) is 0 Å². The molecule has 4 heteroatoms. The summed E-state index contributed by atoms with van der Waals surface area (Å²) in [6.45, 7) is 6.45. The largest absolute Gasteiger partial charge is 0.489 e. The van der Waals surface area contributed by atoms with Gasteiger partial charge in [-0.2, -0.15) is 0 Å². The number of carbonyl (C=O) groups excluding carboxylic acids is 1. The maximum Gasteiger partial charge on any atom is 0.227 e. The van der Waals surface area contributed by atoms with Gasteiger partial charge in [0, 0.05) is 5.92 Å². The number of rotatable bonds is 7.